The van der Waals surface area contributed by atoms with Crippen molar-refractivity contribution in [1.82, 2.24) is 9.38 Å². The molecule has 0 saturated carbocycles. The van der Waals surface area contributed by atoms with Crippen LogP contribution in [0.4, 0.5) is 5.69 Å². The van der Waals surface area contributed by atoms with Crippen molar-refractivity contribution in [3.63, 3.8) is 0 Å². The van der Waals surface area contributed by atoms with Crippen LogP contribution in [0.3, 0.4) is 0 Å². The van der Waals surface area contributed by atoms with E-state index in [1.165, 1.54) is 0 Å². The number of fused-ring (bicyclic) bond motifs is 1. The fourth-order valence-electron chi connectivity index (χ4n) is 2.88. The monoisotopic (exact) mass is 337 g/mol. The SMILES string of the molecule is Cc1cccn2cc(-c3ccc(NC(=O)C4COCCO4)cc3)nc12. The van der Waals surface area contributed by atoms with E-state index in [0.29, 0.717) is 19.8 Å². The number of nitrogens with zero attached hydrogens (tertiary/aromatic N) is 2. The van der Waals surface area contributed by atoms with Crippen LogP contribution in [0.2, 0.25) is 0 Å². The second kappa shape index (κ2) is 6.66. The van der Waals surface area contributed by atoms with Crippen molar-refractivity contribution < 1.29 is 14.3 Å². The number of carbonyl (C=O) groups excluding carboxylic acids is 1. The molecule has 0 bridgehead atoms. The topological polar surface area (TPSA) is 64.9 Å². The van der Waals surface area contributed by atoms with Crippen LogP contribution >= 0.6 is 0 Å². The van der Waals surface area contributed by atoms with E-state index in [-0.39, 0.29) is 5.91 Å². The minimum Gasteiger partial charge on any atom is -0.376 e. The first-order chi connectivity index (χ1) is 12.2. The number of nitrogens with one attached hydrogen (secondary N) is 1. The minimum atomic E-state index is -0.546. The number of ether oxygens (including phenoxy) is 2. The Kier molecular flexibility index (Phi) is 4.21. The summed E-state index contributed by atoms with van der Waals surface area (Å²) >= 11 is 0. The molecule has 128 valence electrons. The fourth-order valence-corrected chi connectivity index (χ4v) is 2.88. The van der Waals surface area contributed by atoms with E-state index in [1.54, 1.807) is 0 Å². The highest BCUT2D eigenvalue weighted by atomic mass is 16.6. The van der Waals surface area contributed by atoms with Gasteiger partial charge in [-0.1, -0.05) is 18.2 Å². The maximum absolute atomic E-state index is 12.1. The van der Waals surface area contributed by atoms with Gasteiger partial charge in [0.1, 0.15) is 5.65 Å². The Bertz CT molecular complexity index is 896. The summed E-state index contributed by atoms with van der Waals surface area (Å²) in [6.45, 7) is 3.33. The van der Waals surface area contributed by atoms with Crippen molar-refractivity contribution in [2.45, 2.75) is 13.0 Å². The molecule has 0 radical (unpaired) electrons. The largest absolute Gasteiger partial charge is 0.376 e. The van der Waals surface area contributed by atoms with Crippen LogP contribution in [-0.4, -0.2) is 41.2 Å². The Morgan fingerprint density at radius 2 is 2.08 bits per heavy atom. The zero-order chi connectivity index (χ0) is 17.2. The van der Waals surface area contributed by atoms with Gasteiger partial charge >= 0.3 is 0 Å². The third kappa shape index (κ3) is 3.26. The van der Waals surface area contributed by atoms with Crippen LogP contribution in [0, 0.1) is 6.92 Å². The molecular formula is C19H19N3O3. The van der Waals surface area contributed by atoms with Gasteiger partial charge in [-0.05, 0) is 30.7 Å². The lowest BCUT2D eigenvalue weighted by atomic mass is 10.1. The number of benzene rings is 1. The summed E-state index contributed by atoms with van der Waals surface area (Å²) in [6, 6.07) is 11.7. The van der Waals surface area contributed by atoms with Crippen LogP contribution in [-0.2, 0) is 14.3 Å². The molecule has 1 unspecified atom stereocenters. The van der Waals surface area contributed by atoms with Crippen LogP contribution in [0.15, 0.2) is 48.8 Å². The molecule has 0 spiro atoms. The Hall–Kier alpha value is -2.70. The van der Waals surface area contributed by atoms with Gasteiger partial charge in [-0.2, -0.15) is 0 Å². The molecule has 3 heterocycles. The van der Waals surface area contributed by atoms with Crippen LogP contribution in [0.25, 0.3) is 16.9 Å². The lowest BCUT2D eigenvalue weighted by Crippen LogP contribution is -2.39. The van der Waals surface area contributed by atoms with Crippen molar-refractivity contribution in [3.05, 3.63) is 54.4 Å². The number of aryl methyl sites for hydroxylation is 1. The average Bonchev–Trinajstić information content (AvgIpc) is 3.09. The summed E-state index contributed by atoms with van der Waals surface area (Å²) in [5, 5.41) is 2.86. The molecule has 6 nitrogen and oxygen atoms in total. The highest BCUT2D eigenvalue weighted by Gasteiger charge is 2.22. The number of imidazole rings is 1. The summed E-state index contributed by atoms with van der Waals surface area (Å²) in [7, 11) is 0. The normalized spacial score (nSPS) is 17.6. The Balaban J connectivity index is 1.51. The average molecular weight is 337 g/mol. The van der Waals surface area contributed by atoms with E-state index in [0.717, 1.165) is 28.2 Å². The van der Waals surface area contributed by atoms with Gasteiger partial charge in [0, 0.05) is 23.6 Å². The second-order valence-corrected chi connectivity index (χ2v) is 6.05. The van der Waals surface area contributed by atoms with Gasteiger partial charge in [-0.3, -0.25) is 4.79 Å². The molecule has 4 rings (SSSR count). The number of pyridine rings is 1. The summed E-state index contributed by atoms with van der Waals surface area (Å²) in [5.41, 5.74) is 4.70. The van der Waals surface area contributed by atoms with Gasteiger partial charge in [0.2, 0.25) is 0 Å². The number of anilines is 1. The first kappa shape index (κ1) is 15.8. The van der Waals surface area contributed by atoms with E-state index in [1.807, 2.05) is 60.1 Å². The molecule has 0 aliphatic carbocycles. The molecule has 1 aliphatic heterocycles. The molecule has 25 heavy (non-hydrogen) atoms. The maximum atomic E-state index is 12.1. The summed E-state index contributed by atoms with van der Waals surface area (Å²) in [4.78, 5) is 16.8. The predicted molar refractivity (Wildman–Crippen MR) is 94.6 cm³/mol. The lowest BCUT2D eigenvalue weighted by molar-refractivity contribution is -0.142. The molecule has 2 aromatic heterocycles. The molecule has 1 N–H and O–H groups in total. The highest BCUT2D eigenvalue weighted by molar-refractivity contribution is 5.94. The Labute approximate surface area is 145 Å². The number of rotatable bonds is 3. The number of hydrogen-bond donors (Lipinski definition) is 1. The quantitative estimate of drug-likeness (QED) is 0.798. The van der Waals surface area contributed by atoms with Crippen molar-refractivity contribution >= 4 is 17.2 Å². The summed E-state index contributed by atoms with van der Waals surface area (Å²) in [6.07, 6.45) is 3.44. The van der Waals surface area contributed by atoms with Gasteiger partial charge < -0.3 is 19.2 Å². The first-order valence-corrected chi connectivity index (χ1v) is 8.26. The summed E-state index contributed by atoms with van der Waals surface area (Å²) < 4.78 is 12.7. The molecule has 1 amide bonds. The van der Waals surface area contributed by atoms with Gasteiger partial charge in [0.05, 0.1) is 25.5 Å². The van der Waals surface area contributed by atoms with Crippen LogP contribution in [0.1, 0.15) is 5.56 Å². The zero-order valence-corrected chi connectivity index (χ0v) is 13.9. The third-order valence-electron chi connectivity index (χ3n) is 4.23. The van der Waals surface area contributed by atoms with Crippen molar-refractivity contribution in [1.29, 1.82) is 0 Å². The second-order valence-electron chi connectivity index (χ2n) is 6.05. The molecular weight excluding hydrogens is 318 g/mol. The number of amides is 1. The zero-order valence-electron chi connectivity index (χ0n) is 13.9. The maximum Gasteiger partial charge on any atom is 0.255 e. The van der Waals surface area contributed by atoms with Crippen molar-refractivity contribution in [2.75, 3.05) is 25.1 Å². The molecule has 6 heteroatoms. The number of carbonyl (C=O) groups is 1. The van der Waals surface area contributed by atoms with E-state index >= 15 is 0 Å². The highest BCUT2D eigenvalue weighted by Crippen LogP contribution is 2.22. The van der Waals surface area contributed by atoms with E-state index in [2.05, 4.69) is 10.3 Å². The molecule has 1 saturated heterocycles. The van der Waals surface area contributed by atoms with Crippen molar-refractivity contribution in [2.24, 2.45) is 0 Å². The third-order valence-corrected chi connectivity index (χ3v) is 4.23. The minimum absolute atomic E-state index is 0.184. The van der Waals surface area contributed by atoms with E-state index in [9.17, 15) is 4.79 Å². The first-order valence-electron chi connectivity index (χ1n) is 8.26. The fraction of sp³-hybridized carbons (Fsp3) is 0.263. The summed E-state index contributed by atoms with van der Waals surface area (Å²) in [5.74, 6) is -0.184. The van der Waals surface area contributed by atoms with Gasteiger partial charge in [-0.15, -0.1) is 0 Å². The van der Waals surface area contributed by atoms with E-state index in [4.69, 9.17) is 9.47 Å². The number of aromatic nitrogens is 2. The van der Waals surface area contributed by atoms with Crippen LogP contribution < -0.4 is 5.32 Å². The molecule has 1 aliphatic rings. The Morgan fingerprint density at radius 3 is 2.80 bits per heavy atom. The smallest absolute Gasteiger partial charge is 0.255 e. The van der Waals surface area contributed by atoms with E-state index < -0.39 is 6.10 Å². The molecule has 1 fully saturated rings. The number of hydrogen-bond acceptors (Lipinski definition) is 4. The van der Waals surface area contributed by atoms with Gasteiger partial charge in [-0.25, -0.2) is 4.98 Å². The molecule has 1 aromatic carbocycles. The standard InChI is InChI=1S/C19H19N3O3/c1-13-3-2-8-22-11-16(21-18(13)22)14-4-6-15(7-5-14)20-19(23)17-12-24-9-10-25-17/h2-8,11,17H,9-10,12H2,1H3,(H,20,23). The van der Waals surface area contributed by atoms with Gasteiger partial charge in [0.25, 0.3) is 5.91 Å². The van der Waals surface area contributed by atoms with Crippen LogP contribution in [0.5, 0.6) is 0 Å². The van der Waals surface area contributed by atoms with Gasteiger partial charge in [0.15, 0.2) is 6.10 Å². The molecule has 3 aromatic rings. The molecule has 1 atom stereocenters. The Morgan fingerprint density at radius 1 is 1.24 bits per heavy atom. The van der Waals surface area contributed by atoms with Crippen molar-refractivity contribution in [3.8, 4) is 11.3 Å². The lowest BCUT2D eigenvalue weighted by Gasteiger charge is -2.22. The predicted octanol–water partition coefficient (Wildman–Crippen LogP) is 2.66.